The predicted octanol–water partition coefficient (Wildman–Crippen LogP) is 5.91. The molecule has 0 N–H and O–H groups in total. The number of fused-ring (bicyclic) bond motifs is 1. The largest absolute Gasteiger partial charge is 0.494 e. The molecule has 0 spiro atoms. The first-order valence-corrected chi connectivity index (χ1v) is 10.1. The Morgan fingerprint density at radius 1 is 0.867 bits per heavy atom. The van der Waals surface area contributed by atoms with Gasteiger partial charge in [-0.15, -0.1) is 0 Å². The van der Waals surface area contributed by atoms with E-state index in [1.165, 1.54) is 0 Å². The minimum absolute atomic E-state index is 0.185. The molecule has 5 heteroatoms. The van der Waals surface area contributed by atoms with E-state index in [0.717, 1.165) is 29.7 Å². The molecule has 30 heavy (non-hydrogen) atoms. The third-order valence-corrected chi connectivity index (χ3v) is 5.01. The summed E-state index contributed by atoms with van der Waals surface area (Å²) in [6.07, 6.45) is 3.10. The van der Waals surface area contributed by atoms with Gasteiger partial charge in [-0.05, 0) is 74.2 Å². The summed E-state index contributed by atoms with van der Waals surface area (Å²) in [4.78, 5) is 13.2. The second-order valence-electron chi connectivity index (χ2n) is 7.22. The highest BCUT2D eigenvalue weighted by molar-refractivity contribution is 5.82. The van der Waals surface area contributed by atoms with Crippen molar-refractivity contribution in [1.29, 1.82) is 0 Å². The van der Waals surface area contributed by atoms with E-state index >= 15 is 0 Å². The molecule has 0 saturated carbocycles. The van der Waals surface area contributed by atoms with Gasteiger partial charge in [0.05, 0.1) is 24.9 Å². The molecule has 0 atom stereocenters. The standard InChI is InChI=1S/C25H24O5/c1-17-15-20-22(16-18(17)2)30-24(21-11-8-14-28-21)25(23(20)26)29-13-7-6-12-27-19-9-4-3-5-10-19/h3-5,8-11,14-16H,6-7,12-13H2,1-2H3. The number of rotatable bonds is 8. The fraction of sp³-hybridized carbons (Fsp3) is 0.240. The van der Waals surface area contributed by atoms with Crippen LogP contribution in [-0.4, -0.2) is 13.2 Å². The normalized spacial score (nSPS) is 11.0. The lowest BCUT2D eigenvalue weighted by molar-refractivity contribution is 0.262. The first kappa shape index (κ1) is 19.8. The van der Waals surface area contributed by atoms with Gasteiger partial charge < -0.3 is 18.3 Å². The number of hydrogen-bond acceptors (Lipinski definition) is 5. The van der Waals surface area contributed by atoms with Crippen LogP contribution in [0, 0.1) is 13.8 Å². The SMILES string of the molecule is Cc1cc2oc(-c3ccco3)c(OCCCCOc3ccccc3)c(=O)c2cc1C. The van der Waals surface area contributed by atoms with Gasteiger partial charge in [-0.1, -0.05) is 18.2 Å². The molecule has 0 amide bonds. The molecule has 2 heterocycles. The molecule has 0 aliphatic rings. The smallest absolute Gasteiger partial charge is 0.235 e. The van der Waals surface area contributed by atoms with E-state index in [1.54, 1.807) is 18.4 Å². The molecule has 154 valence electrons. The van der Waals surface area contributed by atoms with E-state index in [-0.39, 0.29) is 11.2 Å². The Labute approximate surface area is 174 Å². The molecule has 5 nitrogen and oxygen atoms in total. The first-order chi connectivity index (χ1) is 14.6. The Morgan fingerprint density at radius 2 is 1.60 bits per heavy atom. The maximum absolute atomic E-state index is 13.2. The van der Waals surface area contributed by atoms with Crippen LogP contribution in [0.3, 0.4) is 0 Å². The van der Waals surface area contributed by atoms with Crippen molar-refractivity contribution in [3.8, 4) is 23.0 Å². The molecule has 0 unspecified atom stereocenters. The van der Waals surface area contributed by atoms with Gasteiger partial charge in [0.25, 0.3) is 0 Å². The Balaban J connectivity index is 1.50. The molecule has 0 radical (unpaired) electrons. The van der Waals surface area contributed by atoms with Crippen LogP contribution < -0.4 is 14.9 Å². The maximum atomic E-state index is 13.2. The van der Waals surface area contributed by atoms with Gasteiger partial charge in [0, 0.05) is 0 Å². The summed E-state index contributed by atoms with van der Waals surface area (Å²) in [5.41, 5.74) is 2.43. The summed E-state index contributed by atoms with van der Waals surface area (Å²) in [7, 11) is 0. The van der Waals surface area contributed by atoms with Gasteiger partial charge in [-0.3, -0.25) is 4.79 Å². The van der Waals surface area contributed by atoms with Crippen LogP contribution in [0.4, 0.5) is 0 Å². The van der Waals surface area contributed by atoms with Crippen molar-refractivity contribution in [2.24, 2.45) is 0 Å². The van der Waals surface area contributed by atoms with Crippen LogP contribution in [0.15, 0.2) is 74.5 Å². The molecule has 4 aromatic rings. The molecular formula is C25H24O5. The highest BCUT2D eigenvalue weighted by Crippen LogP contribution is 2.32. The number of furan rings is 1. The van der Waals surface area contributed by atoms with E-state index in [2.05, 4.69) is 0 Å². The fourth-order valence-electron chi connectivity index (χ4n) is 3.22. The molecule has 2 aromatic heterocycles. The summed E-state index contributed by atoms with van der Waals surface area (Å²) in [6, 6.07) is 16.9. The van der Waals surface area contributed by atoms with Crippen molar-refractivity contribution in [2.45, 2.75) is 26.7 Å². The maximum Gasteiger partial charge on any atom is 0.235 e. The van der Waals surface area contributed by atoms with Gasteiger partial charge >= 0.3 is 0 Å². The Hall–Kier alpha value is -3.47. The number of para-hydroxylation sites is 1. The lowest BCUT2D eigenvalue weighted by Gasteiger charge is -2.11. The van der Waals surface area contributed by atoms with Crippen molar-refractivity contribution < 1.29 is 18.3 Å². The van der Waals surface area contributed by atoms with Gasteiger partial charge in [0.2, 0.25) is 16.9 Å². The minimum Gasteiger partial charge on any atom is -0.494 e. The molecular weight excluding hydrogens is 380 g/mol. The van der Waals surface area contributed by atoms with Gasteiger partial charge in [0.1, 0.15) is 11.3 Å². The highest BCUT2D eigenvalue weighted by atomic mass is 16.5. The number of ether oxygens (including phenoxy) is 2. The van der Waals surface area contributed by atoms with Crippen LogP contribution >= 0.6 is 0 Å². The van der Waals surface area contributed by atoms with Crippen molar-refractivity contribution in [2.75, 3.05) is 13.2 Å². The van der Waals surface area contributed by atoms with E-state index in [9.17, 15) is 4.79 Å². The number of aryl methyl sites for hydroxylation is 2. The van der Waals surface area contributed by atoms with Crippen molar-refractivity contribution in [3.05, 3.63) is 82.2 Å². The van der Waals surface area contributed by atoms with Gasteiger partial charge in [0.15, 0.2) is 5.76 Å². The molecule has 0 saturated heterocycles. The highest BCUT2D eigenvalue weighted by Gasteiger charge is 2.20. The first-order valence-electron chi connectivity index (χ1n) is 10.1. The van der Waals surface area contributed by atoms with E-state index in [4.69, 9.17) is 18.3 Å². The lowest BCUT2D eigenvalue weighted by atomic mass is 10.1. The summed E-state index contributed by atoms with van der Waals surface area (Å²) in [6.45, 7) is 4.93. The summed E-state index contributed by atoms with van der Waals surface area (Å²) in [5.74, 6) is 1.82. The average molecular weight is 404 g/mol. The van der Waals surface area contributed by atoms with Gasteiger partial charge in [-0.25, -0.2) is 0 Å². The zero-order chi connectivity index (χ0) is 20.9. The van der Waals surface area contributed by atoms with E-state index < -0.39 is 0 Å². The second-order valence-corrected chi connectivity index (χ2v) is 7.22. The van der Waals surface area contributed by atoms with Crippen molar-refractivity contribution in [3.63, 3.8) is 0 Å². The van der Waals surface area contributed by atoms with Crippen LogP contribution in [-0.2, 0) is 0 Å². The molecule has 0 aliphatic carbocycles. The number of unbranched alkanes of at least 4 members (excludes halogenated alkanes) is 1. The van der Waals surface area contributed by atoms with Crippen LogP contribution in [0.5, 0.6) is 11.5 Å². The average Bonchev–Trinajstić information content (AvgIpc) is 3.29. The molecule has 4 rings (SSSR count). The molecule has 0 fully saturated rings. The van der Waals surface area contributed by atoms with Gasteiger partial charge in [-0.2, -0.15) is 0 Å². The minimum atomic E-state index is -0.189. The second kappa shape index (κ2) is 8.91. The summed E-state index contributed by atoms with van der Waals surface area (Å²) < 4.78 is 23.1. The van der Waals surface area contributed by atoms with E-state index in [1.807, 2.05) is 56.3 Å². The molecule has 0 aliphatic heterocycles. The van der Waals surface area contributed by atoms with Crippen molar-refractivity contribution in [1.82, 2.24) is 0 Å². The van der Waals surface area contributed by atoms with Crippen LogP contribution in [0.1, 0.15) is 24.0 Å². The summed E-state index contributed by atoms with van der Waals surface area (Å²) >= 11 is 0. The predicted molar refractivity (Wildman–Crippen MR) is 116 cm³/mol. The van der Waals surface area contributed by atoms with Crippen LogP contribution in [0.25, 0.3) is 22.5 Å². The quantitative estimate of drug-likeness (QED) is 0.342. The Kier molecular flexibility index (Phi) is 5.89. The molecule has 0 bridgehead atoms. The Morgan fingerprint density at radius 3 is 2.33 bits per heavy atom. The lowest BCUT2D eigenvalue weighted by Crippen LogP contribution is -2.12. The van der Waals surface area contributed by atoms with E-state index in [0.29, 0.717) is 35.7 Å². The third kappa shape index (κ3) is 4.25. The topological polar surface area (TPSA) is 61.8 Å². The zero-order valence-corrected chi connectivity index (χ0v) is 17.1. The Bertz CT molecular complexity index is 1170. The number of hydrogen-bond donors (Lipinski definition) is 0. The van der Waals surface area contributed by atoms with Crippen molar-refractivity contribution >= 4 is 11.0 Å². The van der Waals surface area contributed by atoms with Crippen LogP contribution in [0.2, 0.25) is 0 Å². The zero-order valence-electron chi connectivity index (χ0n) is 17.1. The fourth-order valence-corrected chi connectivity index (χ4v) is 3.22. The summed E-state index contributed by atoms with van der Waals surface area (Å²) in [5, 5.41) is 0.510. The third-order valence-electron chi connectivity index (χ3n) is 5.01. The number of benzene rings is 2. The monoisotopic (exact) mass is 404 g/mol. The molecule has 2 aromatic carbocycles.